The van der Waals surface area contributed by atoms with E-state index in [1.165, 1.54) is 11.6 Å². The third-order valence-corrected chi connectivity index (χ3v) is 4.15. The van der Waals surface area contributed by atoms with E-state index in [1.54, 1.807) is 42.9 Å². The predicted octanol–water partition coefficient (Wildman–Crippen LogP) is -0.517. The van der Waals surface area contributed by atoms with Crippen LogP contribution in [0.15, 0.2) is 33.9 Å². The highest BCUT2D eigenvalue weighted by molar-refractivity contribution is 5.94. The number of nitrogens with zero attached hydrogens (tertiary/aromatic N) is 4. The summed E-state index contributed by atoms with van der Waals surface area (Å²) in [6, 6.07) is 6.53. The van der Waals surface area contributed by atoms with Gasteiger partial charge in [-0.2, -0.15) is 0 Å². The largest absolute Gasteiger partial charge is 0.399 e. The van der Waals surface area contributed by atoms with Crippen molar-refractivity contribution in [3.8, 4) is 0 Å². The Morgan fingerprint density at radius 2 is 1.72 bits per heavy atom. The summed E-state index contributed by atoms with van der Waals surface area (Å²) in [7, 11) is 4.64. The molecule has 9 heteroatoms. The lowest BCUT2D eigenvalue weighted by molar-refractivity contribution is 0.0949. The summed E-state index contributed by atoms with van der Waals surface area (Å²) >= 11 is 0. The van der Waals surface area contributed by atoms with Gasteiger partial charge in [-0.1, -0.05) is 0 Å². The molecule has 0 aliphatic rings. The van der Waals surface area contributed by atoms with Crippen molar-refractivity contribution >= 4 is 22.8 Å². The first-order valence-electron chi connectivity index (χ1n) is 7.56. The molecule has 0 fully saturated rings. The molecule has 1 amide bonds. The summed E-state index contributed by atoms with van der Waals surface area (Å²) in [4.78, 5) is 40.8. The number of amides is 1. The van der Waals surface area contributed by atoms with Crippen LogP contribution in [-0.4, -0.2) is 24.6 Å². The summed E-state index contributed by atoms with van der Waals surface area (Å²) in [6.45, 7) is 0.117. The van der Waals surface area contributed by atoms with E-state index in [9.17, 15) is 14.4 Å². The molecular formula is C16H18N6O3. The van der Waals surface area contributed by atoms with Crippen molar-refractivity contribution in [2.45, 2.75) is 6.54 Å². The molecule has 2 aromatic heterocycles. The third kappa shape index (κ3) is 2.69. The maximum atomic E-state index is 12.3. The number of carbonyl (C=O) groups excluding carboxylic acids is 1. The van der Waals surface area contributed by atoms with E-state index in [-0.39, 0.29) is 18.1 Å². The van der Waals surface area contributed by atoms with Gasteiger partial charge in [0.15, 0.2) is 11.2 Å². The molecule has 25 heavy (non-hydrogen) atoms. The molecule has 0 spiro atoms. The molecule has 3 aromatic rings. The number of benzene rings is 1. The smallest absolute Gasteiger partial charge is 0.332 e. The second-order valence-electron chi connectivity index (χ2n) is 5.77. The monoisotopic (exact) mass is 342 g/mol. The summed E-state index contributed by atoms with van der Waals surface area (Å²) in [5.74, 6) is 0.186. The number of nitrogens with one attached hydrogen (secondary N) is 1. The van der Waals surface area contributed by atoms with Crippen LogP contribution in [0.5, 0.6) is 0 Å². The SMILES string of the molecule is Cn1c(=O)c2c(nc(CNC(=O)c3ccc(N)cc3)n2C)n(C)c1=O. The standard InChI is InChI=1S/C16H18N6O3/c1-20-11(8-18-14(23)9-4-6-10(17)7-5-9)19-13-12(20)15(24)22(3)16(25)21(13)2/h4-7H,8,17H2,1-3H3,(H,18,23). The van der Waals surface area contributed by atoms with Crippen molar-refractivity contribution in [3.05, 3.63) is 56.5 Å². The molecule has 0 aliphatic heterocycles. The highest BCUT2D eigenvalue weighted by Gasteiger charge is 2.17. The molecular weight excluding hydrogens is 324 g/mol. The van der Waals surface area contributed by atoms with Crippen LogP contribution in [0, 0.1) is 0 Å². The van der Waals surface area contributed by atoms with Crippen LogP contribution in [0.3, 0.4) is 0 Å². The quantitative estimate of drug-likeness (QED) is 0.621. The fraction of sp³-hybridized carbons (Fsp3) is 0.250. The Labute approximate surface area is 142 Å². The number of carbonyl (C=O) groups is 1. The van der Waals surface area contributed by atoms with Gasteiger partial charge in [0.1, 0.15) is 5.82 Å². The second-order valence-corrected chi connectivity index (χ2v) is 5.77. The molecule has 0 atom stereocenters. The molecule has 3 N–H and O–H groups in total. The van der Waals surface area contributed by atoms with Crippen molar-refractivity contribution in [1.29, 1.82) is 0 Å². The zero-order chi connectivity index (χ0) is 18.3. The number of anilines is 1. The van der Waals surface area contributed by atoms with Crippen LogP contribution in [0.1, 0.15) is 16.2 Å². The zero-order valence-corrected chi connectivity index (χ0v) is 14.1. The Kier molecular flexibility index (Phi) is 3.91. The Morgan fingerprint density at radius 1 is 1.08 bits per heavy atom. The average molecular weight is 342 g/mol. The van der Waals surface area contributed by atoms with Crippen LogP contribution in [0.25, 0.3) is 11.2 Å². The van der Waals surface area contributed by atoms with Gasteiger partial charge in [-0.3, -0.25) is 18.7 Å². The second kappa shape index (κ2) is 5.93. The minimum absolute atomic E-state index is 0.117. The van der Waals surface area contributed by atoms with E-state index in [2.05, 4.69) is 10.3 Å². The minimum atomic E-state index is -0.451. The molecule has 9 nitrogen and oxygen atoms in total. The van der Waals surface area contributed by atoms with E-state index in [0.717, 1.165) is 4.57 Å². The number of nitrogens with two attached hydrogens (primary N) is 1. The topological polar surface area (TPSA) is 117 Å². The molecule has 0 saturated heterocycles. The normalized spacial score (nSPS) is 11.0. The Bertz CT molecular complexity index is 1090. The maximum absolute atomic E-state index is 12.3. The van der Waals surface area contributed by atoms with Crippen LogP contribution >= 0.6 is 0 Å². The van der Waals surface area contributed by atoms with Crippen LogP contribution in [0.2, 0.25) is 0 Å². The highest BCUT2D eigenvalue weighted by atomic mass is 16.2. The maximum Gasteiger partial charge on any atom is 0.332 e. The Hall–Kier alpha value is -3.36. The Balaban J connectivity index is 1.94. The summed E-state index contributed by atoms with van der Waals surface area (Å²) in [6.07, 6.45) is 0. The van der Waals surface area contributed by atoms with Gasteiger partial charge in [-0.05, 0) is 24.3 Å². The highest BCUT2D eigenvalue weighted by Crippen LogP contribution is 2.10. The first-order valence-corrected chi connectivity index (χ1v) is 7.56. The lowest BCUT2D eigenvalue weighted by atomic mass is 10.2. The lowest BCUT2D eigenvalue weighted by Gasteiger charge is -2.06. The fourth-order valence-electron chi connectivity index (χ4n) is 2.62. The van der Waals surface area contributed by atoms with Gasteiger partial charge in [0.25, 0.3) is 11.5 Å². The van der Waals surface area contributed by atoms with Gasteiger partial charge >= 0.3 is 5.69 Å². The molecule has 0 aliphatic carbocycles. The first-order chi connectivity index (χ1) is 11.8. The van der Waals surface area contributed by atoms with E-state index in [4.69, 9.17) is 5.73 Å². The molecule has 0 unspecified atom stereocenters. The van der Waals surface area contributed by atoms with Gasteiger partial charge < -0.3 is 15.6 Å². The summed E-state index contributed by atoms with van der Waals surface area (Å²) in [5.41, 5.74) is 6.36. The fourth-order valence-corrected chi connectivity index (χ4v) is 2.62. The number of nitrogen functional groups attached to an aromatic ring is 1. The van der Waals surface area contributed by atoms with Crippen molar-refractivity contribution in [2.24, 2.45) is 21.1 Å². The third-order valence-electron chi connectivity index (χ3n) is 4.15. The van der Waals surface area contributed by atoms with Gasteiger partial charge in [0.05, 0.1) is 6.54 Å². The molecule has 1 aromatic carbocycles. The lowest BCUT2D eigenvalue weighted by Crippen LogP contribution is -2.37. The molecule has 2 heterocycles. The van der Waals surface area contributed by atoms with Crippen LogP contribution in [-0.2, 0) is 27.7 Å². The number of fused-ring (bicyclic) bond motifs is 1. The van der Waals surface area contributed by atoms with Gasteiger partial charge in [-0.15, -0.1) is 0 Å². The number of hydrogen-bond acceptors (Lipinski definition) is 5. The molecule has 0 bridgehead atoms. The number of imidazole rings is 1. The van der Waals surface area contributed by atoms with Crippen molar-refractivity contribution in [1.82, 2.24) is 24.0 Å². The average Bonchev–Trinajstić information content (AvgIpc) is 2.93. The van der Waals surface area contributed by atoms with E-state index < -0.39 is 11.2 Å². The van der Waals surface area contributed by atoms with E-state index in [1.807, 2.05) is 0 Å². The molecule has 0 saturated carbocycles. The molecule has 3 rings (SSSR count). The first kappa shape index (κ1) is 16.5. The van der Waals surface area contributed by atoms with Gasteiger partial charge in [0, 0.05) is 32.4 Å². The zero-order valence-electron chi connectivity index (χ0n) is 14.1. The molecule has 0 radical (unpaired) electrons. The van der Waals surface area contributed by atoms with E-state index in [0.29, 0.717) is 22.6 Å². The van der Waals surface area contributed by atoms with Crippen LogP contribution in [0.4, 0.5) is 5.69 Å². The van der Waals surface area contributed by atoms with Crippen molar-refractivity contribution in [2.75, 3.05) is 5.73 Å². The number of aryl methyl sites for hydroxylation is 2. The predicted molar refractivity (Wildman–Crippen MR) is 93.2 cm³/mol. The number of aromatic nitrogens is 4. The summed E-state index contributed by atoms with van der Waals surface area (Å²) in [5, 5.41) is 2.75. The number of hydrogen-bond donors (Lipinski definition) is 2. The number of rotatable bonds is 3. The van der Waals surface area contributed by atoms with Gasteiger partial charge in [-0.25, -0.2) is 9.78 Å². The van der Waals surface area contributed by atoms with Gasteiger partial charge in [0.2, 0.25) is 0 Å². The Morgan fingerprint density at radius 3 is 2.36 bits per heavy atom. The van der Waals surface area contributed by atoms with Crippen LogP contribution < -0.4 is 22.3 Å². The summed E-state index contributed by atoms with van der Waals surface area (Å²) < 4.78 is 3.92. The van der Waals surface area contributed by atoms with Crippen molar-refractivity contribution in [3.63, 3.8) is 0 Å². The molecule has 130 valence electrons. The van der Waals surface area contributed by atoms with E-state index >= 15 is 0 Å². The minimum Gasteiger partial charge on any atom is -0.399 e. The van der Waals surface area contributed by atoms with Crippen molar-refractivity contribution < 1.29 is 4.79 Å².